The van der Waals surface area contributed by atoms with Crippen LogP contribution in [-0.4, -0.2) is 29.2 Å². The molecule has 0 radical (unpaired) electrons. The number of hydrogen-bond donors (Lipinski definition) is 3. The lowest BCUT2D eigenvalue weighted by molar-refractivity contribution is -0.118. The molecule has 0 aliphatic heterocycles. The van der Waals surface area contributed by atoms with E-state index in [-0.39, 0.29) is 24.1 Å². The van der Waals surface area contributed by atoms with Crippen LogP contribution in [0.4, 0.5) is 0 Å². The molecular formula is C10H20N2O2. The van der Waals surface area contributed by atoms with Gasteiger partial charge in [-0.25, -0.2) is 0 Å². The summed E-state index contributed by atoms with van der Waals surface area (Å²) in [5, 5.41) is 12.9. The van der Waals surface area contributed by atoms with Crippen molar-refractivity contribution in [3.05, 3.63) is 0 Å². The van der Waals surface area contributed by atoms with E-state index in [0.717, 1.165) is 25.7 Å². The van der Waals surface area contributed by atoms with E-state index in [0.29, 0.717) is 6.42 Å². The molecule has 1 saturated carbocycles. The van der Waals surface area contributed by atoms with Gasteiger partial charge in [0.1, 0.15) is 0 Å². The maximum Gasteiger partial charge on any atom is 0.218 e. The first-order valence-corrected chi connectivity index (χ1v) is 5.32. The summed E-state index contributed by atoms with van der Waals surface area (Å²) >= 11 is 0. The van der Waals surface area contributed by atoms with Crippen LogP contribution >= 0.6 is 0 Å². The highest BCUT2D eigenvalue weighted by Crippen LogP contribution is 2.18. The van der Waals surface area contributed by atoms with Crippen molar-refractivity contribution in [2.45, 2.75) is 57.2 Å². The van der Waals surface area contributed by atoms with E-state index < -0.39 is 0 Å². The van der Waals surface area contributed by atoms with Crippen molar-refractivity contribution in [2.75, 3.05) is 0 Å². The average Bonchev–Trinajstić information content (AvgIpc) is 2.07. The van der Waals surface area contributed by atoms with Gasteiger partial charge in [0.15, 0.2) is 0 Å². The zero-order valence-corrected chi connectivity index (χ0v) is 8.70. The quantitative estimate of drug-likeness (QED) is 0.604. The molecule has 0 spiro atoms. The third-order valence-corrected chi connectivity index (χ3v) is 2.74. The molecule has 4 nitrogen and oxygen atoms in total. The number of carbonyl (C=O) groups is 1. The predicted molar refractivity (Wildman–Crippen MR) is 54.7 cm³/mol. The van der Waals surface area contributed by atoms with Gasteiger partial charge in [0.25, 0.3) is 0 Å². The van der Waals surface area contributed by atoms with E-state index in [4.69, 9.17) is 5.73 Å². The molecule has 1 unspecified atom stereocenters. The lowest BCUT2D eigenvalue weighted by atomic mass is 9.92. The largest absolute Gasteiger partial charge is 0.392 e. The van der Waals surface area contributed by atoms with Gasteiger partial charge in [-0.05, 0) is 19.8 Å². The highest BCUT2D eigenvalue weighted by Gasteiger charge is 2.24. The molecule has 3 atom stereocenters. The Bertz CT molecular complexity index is 197. The number of amides is 1. The van der Waals surface area contributed by atoms with Gasteiger partial charge in [-0.2, -0.15) is 0 Å². The van der Waals surface area contributed by atoms with Crippen molar-refractivity contribution in [1.82, 2.24) is 5.32 Å². The third kappa shape index (κ3) is 3.64. The van der Waals surface area contributed by atoms with E-state index in [1.54, 1.807) is 0 Å². The first-order valence-electron chi connectivity index (χ1n) is 5.32. The van der Waals surface area contributed by atoms with E-state index in [2.05, 4.69) is 5.32 Å². The van der Waals surface area contributed by atoms with Gasteiger partial charge >= 0.3 is 0 Å². The lowest BCUT2D eigenvalue weighted by Crippen LogP contribution is -2.47. The fourth-order valence-electron chi connectivity index (χ4n) is 2.03. The molecule has 4 N–H and O–H groups in total. The smallest absolute Gasteiger partial charge is 0.218 e. The lowest BCUT2D eigenvalue weighted by Gasteiger charge is -2.30. The molecule has 0 saturated heterocycles. The maximum atomic E-state index is 10.7. The normalized spacial score (nSPS) is 29.9. The van der Waals surface area contributed by atoms with Crippen molar-refractivity contribution < 1.29 is 9.90 Å². The van der Waals surface area contributed by atoms with E-state index in [9.17, 15) is 9.90 Å². The van der Waals surface area contributed by atoms with Crippen molar-refractivity contribution >= 4 is 5.91 Å². The summed E-state index contributed by atoms with van der Waals surface area (Å²) in [6, 6.07) is 0.198. The molecule has 0 bridgehead atoms. The Balaban J connectivity index is 2.30. The molecule has 1 rings (SSSR count). The van der Waals surface area contributed by atoms with Crippen molar-refractivity contribution in [2.24, 2.45) is 5.73 Å². The van der Waals surface area contributed by atoms with E-state index >= 15 is 0 Å². The minimum atomic E-state index is -0.296. The number of aliphatic hydroxyl groups is 1. The van der Waals surface area contributed by atoms with Crippen molar-refractivity contribution in [3.63, 3.8) is 0 Å². The fraction of sp³-hybridized carbons (Fsp3) is 0.900. The Kier molecular flexibility index (Phi) is 4.35. The number of rotatable bonds is 4. The molecular weight excluding hydrogens is 180 g/mol. The number of aliphatic hydroxyl groups excluding tert-OH is 1. The van der Waals surface area contributed by atoms with Crippen molar-refractivity contribution in [3.8, 4) is 0 Å². The third-order valence-electron chi connectivity index (χ3n) is 2.74. The SMILES string of the molecule is CC(CC(N)=O)N[C@H]1CCCC[C@@H]1O. The Hall–Kier alpha value is -0.610. The van der Waals surface area contributed by atoms with Crippen LogP contribution in [0.25, 0.3) is 0 Å². The predicted octanol–water partition coefficient (Wildman–Crippen LogP) is 0.143. The highest BCUT2D eigenvalue weighted by atomic mass is 16.3. The van der Waals surface area contributed by atoms with Crippen LogP contribution in [-0.2, 0) is 4.79 Å². The molecule has 1 amide bonds. The van der Waals surface area contributed by atoms with Gasteiger partial charge in [0.2, 0.25) is 5.91 Å². The molecule has 4 heteroatoms. The molecule has 0 heterocycles. The maximum absolute atomic E-state index is 10.7. The Morgan fingerprint density at radius 3 is 2.79 bits per heavy atom. The highest BCUT2D eigenvalue weighted by molar-refractivity contribution is 5.74. The van der Waals surface area contributed by atoms with Crippen LogP contribution in [0.5, 0.6) is 0 Å². The number of primary amides is 1. The molecule has 82 valence electrons. The summed E-state index contributed by atoms with van der Waals surface area (Å²) in [6.07, 6.45) is 4.18. The Morgan fingerprint density at radius 2 is 2.21 bits per heavy atom. The second-order valence-corrected chi connectivity index (χ2v) is 4.20. The van der Waals surface area contributed by atoms with Gasteiger partial charge in [-0.3, -0.25) is 4.79 Å². The number of nitrogens with one attached hydrogen (secondary N) is 1. The standard InChI is InChI=1S/C10H20N2O2/c1-7(6-10(11)14)12-8-4-2-3-5-9(8)13/h7-9,12-13H,2-6H2,1H3,(H2,11,14)/t7?,8-,9-/m0/s1. The molecule has 0 aromatic rings. The molecule has 0 aromatic carbocycles. The van der Waals surface area contributed by atoms with Crippen LogP contribution in [0.3, 0.4) is 0 Å². The number of hydrogen-bond acceptors (Lipinski definition) is 3. The molecule has 1 aliphatic rings. The summed E-state index contributed by atoms with van der Waals surface area (Å²) < 4.78 is 0. The number of nitrogens with two attached hydrogens (primary N) is 1. The number of carbonyl (C=O) groups excluding carboxylic acids is 1. The van der Waals surface area contributed by atoms with Gasteiger partial charge in [0, 0.05) is 18.5 Å². The second-order valence-electron chi connectivity index (χ2n) is 4.20. The monoisotopic (exact) mass is 200 g/mol. The van der Waals surface area contributed by atoms with Crippen LogP contribution in [0.2, 0.25) is 0 Å². The minimum Gasteiger partial charge on any atom is -0.392 e. The van der Waals surface area contributed by atoms with Crippen molar-refractivity contribution in [1.29, 1.82) is 0 Å². The van der Waals surface area contributed by atoms with Gasteiger partial charge in [0.05, 0.1) is 6.10 Å². The summed E-state index contributed by atoms with van der Waals surface area (Å²) in [7, 11) is 0. The fourth-order valence-corrected chi connectivity index (χ4v) is 2.03. The average molecular weight is 200 g/mol. The Morgan fingerprint density at radius 1 is 1.57 bits per heavy atom. The van der Waals surface area contributed by atoms with Gasteiger partial charge in [-0.15, -0.1) is 0 Å². The van der Waals surface area contributed by atoms with E-state index in [1.165, 1.54) is 0 Å². The zero-order valence-electron chi connectivity index (χ0n) is 8.70. The molecule has 1 fully saturated rings. The van der Waals surface area contributed by atoms with E-state index in [1.807, 2.05) is 6.92 Å². The Labute approximate surface area is 84.9 Å². The first kappa shape index (κ1) is 11.5. The summed E-state index contributed by atoms with van der Waals surface area (Å²) in [5.74, 6) is -0.296. The second kappa shape index (κ2) is 5.32. The minimum absolute atomic E-state index is 0.0604. The summed E-state index contributed by atoms with van der Waals surface area (Å²) in [4.78, 5) is 10.7. The van der Waals surface area contributed by atoms with Crippen LogP contribution in [0.1, 0.15) is 39.0 Å². The molecule has 0 aromatic heterocycles. The van der Waals surface area contributed by atoms with Gasteiger partial charge < -0.3 is 16.2 Å². The summed E-state index contributed by atoms with van der Waals surface area (Å²) in [6.45, 7) is 1.92. The van der Waals surface area contributed by atoms with Gasteiger partial charge in [-0.1, -0.05) is 12.8 Å². The molecule has 1 aliphatic carbocycles. The van der Waals surface area contributed by atoms with Crippen LogP contribution in [0.15, 0.2) is 0 Å². The topological polar surface area (TPSA) is 75.4 Å². The van der Waals surface area contributed by atoms with Crippen LogP contribution in [0, 0.1) is 0 Å². The first-order chi connectivity index (χ1) is 6.59. The zero-order chi connectivity index (χ0) is 10.6. The summed E-state index contributed by atoms with van der Waals surface area (Å²) in [5.41, 5.74) is 5.09. The van der Waals surface area contributed by atoms with Crippen LogP contribution < -0.4 is 11.1 Å². The molecule has 14 heavy (non-hydrogen) atoms.